The van der Waals surface area contributed by atoms with Gasteiger partial charge in [-0.3, -0.25) is 0 Å². The third-order valence-electron chi connectivity index (χ3n) is 1.34. The molecule has 0 saturated carbocycles. The molecular formula is C5H12N4O4. The third-order valence-corrected chi connectivity index (χ3v) is 1.34. The average Bonchev–Trinajstić information content (AvgIpc) is 2.01. The van der Waals surface area contributed by atoms with E-state index in [0.717, 1.165) is 6.42 Å². The fraction of sp³-hybridized carbons (Fsp3) is 1.00. The first kappa shape index (κ1) is 11.4. The molecule has 13 heavy (non-hydrogen) atoms. The molecule has 0 heterocycles. The van der Waals surface area contributed by atoms with Gasteiger partial charge in [-0.25, -0.2) is 20.2 Å². The summed E-state index contributed by atoms with van der Waals surface area (Å²) in [5.74, 6) is 0. The molecule has 0 saturated heterocycles. The van der Waals surface area contributed by atoms with Gasteiger partial charge in [-0.2, -0.15) is 0 Å². The smallest absolute Gasteiger partial charge is 0.157 e. The maximum atomic E-state index is 9.77. The molecular weight excluding hydrogens is 180 g/mol. The predicted octanol–water partition coefficient (Wildman–Crippen LogP) is -0.281. The van der Waals surface area contributed by atoms with Gasteiger partial charge in [0.15, 0.2) is 10.1 Å². The van der Waals surface area contributed by atoms with Crippen molar-refractivity contribution in [3.63, 3.8) is 0 Å². The van der Waals surface area contributed by atoms with E-state index in [4.69, 9.17) is 0 Å². The zero-order chi connectivity index (χ0) is 10.1. The van der Waals surface area contributed by atoms with Crippen LogP contribution in [0.1, 0.15) is 19.3 Å². The molecule has 0 amide bonds. The molecule has 0 unspecified atom stereocenters. The van der Waals surface area contributed by atoms with E-state index < -0.39 is 10.1 Å². The number of nitrogens with zero attached hydrogens (tertiary/aromatic N) is 2. The standard InChI is InChI=1S/C5H12N4O4/c10-8(11)6-4-2-1-3-5-7-9(12)13/h6-7H,1-5H2. The maximum absolute atomic E-state index is 9.77. The summed E-state index contributed by atoms with van der Waals surface area (Å²) >= 11 is 0. The van der Waals surface area contributed by atoms with E-state index in [1.165, 1.54) is 0 Å². The number of unbranched alkanes of at least 4 members (excludes halogenated alkanes) is 2. The molecule has 0 aromatic heterocycles. The van der Waals surface area contributed by atoms with Gasteiger partial charge in [-0.1, -0.05) is 0 Å². The minimum atomic E-state index is -0.602. The Kier molecular flexibility index (Phi) is 6.20. The molecule has 0 aliphatic carbocycles. The third kappa shape index (κ3) is 10.4. The summed E-state index contributed by atoms with van der Waals surface area (Å²) in [7, 11) is 0. The number of hydrogen-bond acceptors (Lipinski definition) is 4. The number of hydrazine groups is 2. The molecule has 0 radical (unpaired) electrons. The number of hydrogen-bond donors (Lipinski definition) is 2. The van der Waals surface area contributed by atoms with Crippen molar-refractivity contribution in [3.05, 3.63) is 20.2 Å². The highest BCUT2D eigenvalue weighted by Gasteiger charge is 1.96. The van der Waals surface area contributed by atoms with E-state index in [1.807, 2.05) is 10.9 Å². The highest BCUT2D eigenvalue weighted by atomic mass is 16.7. The highest BCUT2D eigenvalue weighted by Crippen LogP contribution is 1.91. The van der Waals surface area contributed by atoms with Crippen molar-refractivity contribution in [1.29, 1.82) is 0 Å². The SMILES string of the molecule is O=[N+]([O-])NCCCCCN[N+](=O)[O-]. The Morgan fingerprint density at radius 1 is 0.846 bits per heavy atom. The summed E-state index contributed by atoms with van der Waals surface area (Å²) in [4.78, 5) is 19.5. The topological polar surface area (TPSA) is 110 Å². The Bertz CT molecular complexity index is 156. The highest BCUT2D eigenvalue weighted by molar-refractivity contribution is 4.43. The van der Waals surface area contributed by atoms with Gasteiger partial charge < -0.3 is 0 Å². The molecule has 0 rings (SSSR count). The van der Waals surface area contributed by atoms with Crippen LogP contribution in [0.3, 0.4) is 0 Å². The summed E-state index contributed by atoms with van der Waals surface area (Å²) in [6.45, 7) is 0.594. The van der Waals surface area contributed by atoms with Gasteiger partial charge in [0.25, 0.3) is 0 Å². The summed E-state index contributed by atoms with van der Waals surface area (Å²) in [6, 6.07) is 0. The molecule has 76 valence electrons. The lowest BCUT2D eigenvalue weighted by molar-refractivity contribution is -0.544. The van der Waals surface area contributed by atoms with Gasteiger partial charge in [0.05, 0.1) is 13.1 Å². The fourth-order valence-electron chi connectivity index (χ4n) is 0.767. The van der Waals surface area contributed by atoms with Crippen LogP contribution in [-0.4, -0.2) is 23.2 Å². The van der Waals surface area contributed by atoms with Crippen LogP contribution < -0.4 is 10.9 Å². The van der Waals surface area contributed by atoms with E-state index >= 15 is 0 Å². The number of nitrogens with one attached hydrogen (secondary N) is 2. The lowest BCUT2D eigenvalue weighted by atomic mass is 10.2. The van der Waals surface area contributed by atoms with E-state index in [0.29, 0.717) is 25.9 Å². The van der Waals surface area contributed by atoms with Crippen molar-refractivity contribution in [3.8, 4) is 0 Å². The molecule has 0 atom stereocenters. The minimum absolute atomic E-state index is 0.297. The molecule has 0 spiro atoms. The molecule has 0 aliphatic rings. The maximum Gasteiger partial charge on any atom is 0.157 e. The van der Waals surface area contributed by atoms with Crippen molar-refractivity contribution in [2.24, 2.45) is 0 Å². The zero-order valence-corrected chi connectivity index (χ0v) is 7.06. The first-order valence-corrected chi connectivity index (χ1v) is 3.88. The van der Waals surface area contributed by atoms with Crippen molar-refractivity contribution in [1.82, 2.24) is 10.9 Å². The summed E-state index contributed by atoms with van der Waals surface area (Å²) in [5.41, 5.74) is 4.03. The molecule has 8 heteroatoms. The number of nitro groups is 2. The Labute approximate surface area is 74.5 Å². The molecule has 0 aromatic carbocycles. The summed E-state index contributed by atoms with van der Waals surface area (Å²) < 4.78 is 0. The van der Waals surface area contributed by atoms with Gasteiger partial charge in [0.2, 0.25) is 0 Å². The van der Waals surface area contributed by atoms with Crippen LogP contribution in [0.25, 0.3) is 0 Å². The average molecular weight is 192 g/mol. The van der Waals surface area contributed by atoms with Crippen LogP contribution in [-0.2, 0) is 0 Å². The Hall–Kier alpha value is -1.60. The van der Waals surface area contributed by atoms with Gasteiger partial charge in [0.1, 0.15) is 0 Å². The molecule has 0 aromatic rings. The second kappa shape index (κ2) is 7.07. The summed E-state index contributed by atoms with van der Waals surface area (Å²) in [6.07, 6.45) is 2.00. The van der Waals surface area contributed by atoms with Crippen LogP contribution >= 0.6 is 0 Å². The van der Waals surface area contributed by atoms with Crippen molar-refractivity contribution >= 4 is 0 Å². The second-order valence-corrected chi connectivity index (χ2v) is 2.39. The number of rotatable bonds is 8. The second-order valence-electron chi connectivity index (χ2n) is 2.39. The van der Waals surface area contributed by atoms with Gasteiger partial charge in [0, 0.05) is 0 Å². The Morgan fingerprint density at radius 3 is 1.54 bits per heavy atom. The molecule has 0 fully saturated rings. The molecule has 0 aliphatic heterocycles. The van der Waals surface area contributed by atoms with Gasteiger partial charge in [-0.15, -0.1) is 10.9 Å². The van der Waals surface area contributed by atoms with Crippen LogP contribution in [0.4, 0.5) is 0 Å². The summed E-state index contributed by atoms with van der Waals surface area (Å²) in [5, 5.41) is 18.3. The van der Waals surface area contributed by atoms with Gasteiger partial charge >= 0.3 is 0 Å². The molecule has 2 N–H and O–H groups in total. The Morgan fingerprint density at radius 2 is 1.23 bits per heavy atom. The van der Waals surface area contributed by atoms with Crippen LogP contribution in [0.2, 0.25) is 0 Å². The zero-order valence-electron chi connectivity index (χ0n) is 7.06. The molecule has 8 nitrogen and oxygen atoms in total. The van der Waals surface area contributed by atoms with E-state index in [1.54, 1.807) is 0 Å². The minimum Gasteiger partial charge on any atom is -0.235 e. The molecule has 0 bridgehead atoms. The van der Waals surface area contributed by atoms with E-state index in [2.05, 4.69) is 0 Å². The van der Waals surface area contributed by atoms with Crippen molar-refractivity contribution < 1.29 is 10.1 Å². The normalized spacial score (nSPS) is 9.23. The lowest BCUT2D eigenvalue weighted by Gasteiger charge is -1.98. The van der Waals surface area contributed by atoms with Crippen molar-refractivity contribution in [2.45, 2.75) is 19.3 Å². The monoisotopic (exact) mass is 192 g/mol. The van der Waals surface area contributed by atoms with Crippen LogP contribution in [0.5, 0.6) is 0 Å². The lowest BCUT2D eigenvalue weighted by Crippen LogP contribution is -2.24. The van der Waals surface area contributed by atoms with Crippen molar-refractivity contribution in [2.75, 3.05) is 13.1 Å². The fourth-order valence-corrected chi connectivity index (χ4v) is 0.767. The Balaban J connectivity index is 3.00. The van der Waals surface area contributed by atoms with Crippen LogP contribution in [0, 0.1) is 20.2 Å². The van der Waals surface area contributed by atoms with Gasteiger partial charge in [-0.05, 0) is 19.3 Å². The quantitative estimate of drug-likeness (QED) is 0.311. The first-order valence-electron chi connectivity index (χ1n) is 3.88. The first-order chi connectivity index (χ1) is 6.13. The predicted molar refractivity (Wildman–Crippen MR) is 43.8 cm³/mol. The van der Waals surface area contributed by atoms with E-state index in [-0.39, 0.29) is 0 Å². The van der Waals surface area contributed by atoms with Crippen LogP contribution in [0.15, 0.2) is 0 Å². The largest absolute Gasteiger partial charge is 0.235 e. The van der Waals surface area contributed by atoms with E-state index in [9.17, 15) is 20.2 Å².